The van der Waals surface area contributed by atoms with Crippen LogP contribution in [-0.2, 0) is 13.5 Å². The average Bonchev–Trinajstić information content (AvgIpc) is 2.77. The molecule has 0 spiro atoms. The van der Waals surface area contributed by atoms with Crippen LogP contribution in [0.5, 0.6) is 5.75 Å². The zero-order valence-electron chi connectivity index (χ0n) is 9.88. The minimum Gasteiger partial charge on any atom is -0.497 e. The Balaban J connectivity index is 2.07. The smallest absolute Gasteiger partial charge is 0.170 e. The van der Waals surface area contributed by atoms with E-state index in [4.69, 9.17) is 4.74 Å². The summed E-state index contributed by atoms with van der Waals surface area (Å²) in [5.74, 6) is 0.867. The van der Waals surface area contributed by atoms with Crippen LogP contribution >= 0.6 is 0 Å². The van der Waals surface area contributed by atoms with Crippen LogP contribution in [0, 0.1) is 0 Å². The minimum absolute atomic E-state index is 0.0725. The summed E-state index contributed by atoms with van der Waals surface area (Å²) < 4.78 is 6.69. The third-order valence-corrected chi connectivity index (χ3v) is 2.55. The largest absolute Gasteiger partial charge is 0.497 e. The summed E-state index contributed by atoms with van der Waals surface area (Å²) in [5.41, 5.74) is 1.61. The van der Waals surface area contributed by atoms with Gasteiger partial charge in [0.2, 0.25) is 0 Å². The molecule has 0 unspecified atom stereocenters. The summed E-state index contributed by atoms with van der Waals surface area (Å²) in [4.78, 5) is 11.9. The number of benzene rings is 1. The number of ether oxygens (including phenoxy) is 1. The fraction of sp³-hybridized carbons (Fsp3) is 0.231. The van der Waals surface area contributed by atoms with Crippen molar-refractivity contribution >= 4 is 5.78 Å². The molecule has 2 aromatic rings. The average molecular weight is 230 g/mol. The van der Waals surface area contributed by atoms with E-state index >= 15 is 0 Å². The van der Waals surface area contributed by atoms with E-state index in [1.54, 1.807) is 31.2 Å². The van der Waals surface area contributed by atoms with Gasteiger partial charge in [-0.3, -0.25) is 9.48 Å². The van der Waals surface area contributed by atoms with Crippen LogP contribution in [-0.4, -0.2) is 22.7 Å². The van der Waals surface area contributed by atoms with E-state index in [0.29, 0.717) is 12.0 Å². The van der Waals surface area contributed by atoms with Gasteiger partial charge in [0, 0.05) is 19.7 Å². The van der Waals surface area contributed by atoms with Crippen LogP contribution in [0.4, 0.5) is 0 Å². The van der Waals surface area contributed by atoms with Crippen LogP contribution in [0.25, 0.3) is 0 Å². The van der Waals surface area contributed by atoms with Gasteiger partial charge in [0.1, 0.15) is 5.75 Å². The Hall–Kier alpha value is -2.10. The molecule has 0 bridgehead atoms. The number of Topliss-reactive ketones (excluding diaryl/α,β-unsaturated/α-hetero) is 1. The van der Waals surface area contributed by atoms with Crippen molar-refractivity contribution in [1.29, 1.82) is 0 Å². The molecule has 17 heavy (non-hydrogen) atoms. The van der Waals surface area contributed by atoms with Crippen LogP contribution in [0.2, 0.25) is 0 Å². The molecule has 0 aliphatic carbocycles. The monoisotopic (exact) mass is 230 g/mol. The zero-order valence-corrected chi connectivity index (χ0v) is 9.88. The van der Waals surface area contributed by atoms with E-state index in [1.807, 2.05) is 24.3 Å². The van der Waals surface area contributed by atoms with Crippen molar-refractivity contribution in [3.63, 3.8) is 0 Å². The Labute approximate surface area is 99.8 Å². The molecule has 4 heteroatoms. The SMILES string of the molecule is COc1ccc(CC(=O)c2cnn(C)c2)cc1. The lowest BCUT2D eigenvalue weighted by molar-refractivity contribution is 0.0993. The number of aromatic nitrogens is 2. The van der Waals surface area contributed by atoms with Gasteiger partial charge < -0.3 is 4.74 Å². The fourth-order valence-electron chi connectivity index (χ4n) is 1.60. The van der Waals surface area contributed by atoms with Crippen LogP contribution in [0.3, 0.4) is 0 Å². The Kier molecular flexibility index (Phi) is 3.23. The molecule has 1 heterocycles. The van der Waals surface area contributed by atoms with Gasteiger partial charge in [0.25, 0.3) is 0 Å². The highest BCUT2D eigenvalue weighted by molar-refractivity contribution is 5.97. The van der Waals surface area contributed by atoms with Crippen LogP contribution in [0.15, 0.2) is 36.7 Å². The molecule has 1 aromatic heterocycles. The molecular formula is C13H14N2O2. The van der Waals surface area contributed by atoms with E-state index in [1.165, 1.54) is 0 Å². The van der Waals surface area contributed by atoms with Crippen molar-refractivity contribution in [3.8, 4) is 5.75 Å². The van der Waals surface area contributed by atoms with Crippen molar-refractivity contribution in [1.82, 2.24) is 9.78 Å². The molecule has 88 valence electrons. The Morgan fingerprint density at radius 3 is 2.59 bits per heavy atom. The van der Waals surface area contributed by atoms with Crippen molar-refractivity contribution in [2.24, 2.45) is 7.05 Å². The predicted molar refractivity (Wildman–Crippen MR) is 64.2 cm³/mol. The zero-order chi connectivity index (χ0) is 12.3. The van der Waals surface area contributed by atoms with Crippen molar-refractivity contribution < 1.29 is 9.53 Å². The minimum atomic E-state index is 0.0725. The summed E-state index contributed by atoms with van der Waals surface area (Å²) in [5, 5.41) is 3.98. The van der Waals surface area contributed by atoms with Crippen LogP contribution < -0.4 is 4.74 Å². The first-order valence-corrected chi connectivity index (χ1v) is 5.34. The van der Waals surface area contributed by atoms with Gasteiger partial charge in [0.05, 0.1) is 18.9 Å². The molecule has 4 nitrogen and oxygen atoms in total. The Morgan fingerprint density at radius 1 is 1.35 bits per heavy atom. The lowest BCUT2D eigenvalue weighted by atomic mass is 10.1. The fourth-order valence-corrected chi connectivity index (χ4v) is 1.60. The van der Waals surface area contributed by atoms with Crippen molar-refractivity contribution in [3.05, 3.63) is 47.8 Å². The molecule has 0 saturated carbocycles. The highest BCUT2D eigenvalue weighted by atomic mass is 16.5. The van der Waals surface area contributed by atoms with Crippen LogP contribution in [0.1, 0.15) is 15.9 Å². The number of carbonyl (C=O) groups excluding carboxylic acids is 1. The summed E-state index contributed by atoms with van der Waals surface area (Å²) in [6.07, 6.45) is 3.70. The number of nitrogens with zero attached hydrogens (tertiary/aromatic N) is 2. The number of rotatable bonds is 4. The topological polar surface area (TPSA) is 44.1 Å². The maximum atomic E-state index is 11.9. The first-order chi connectivity index (χ1) is 8.19. The summed E-state index contributed by atoms with van der Waals surface area (Å²) in [6, 6.07) is 7.50. The molecule has 1 aromatic carbocycles. The van der Waals surface area contributed by atoms with E-state index in [9.17, 15) is 4.79 Å². The second-order valence-electron chi connectivity index (χ2n) is 3.85. The van der Waals surface area contributed by atoms with Crippen molar-refractivity contribution in [2.45, 2.75) is 6.42 Å². The molecule has 0 N–H and O–H groups in total. The molecule has 0 amide bonds. The van der Waals surface area contributed by atoms with E-state index < -0.39 is 0 Å². The van der Waals surface area contributed by atoms with Gasteiger partial charge in [-0.25, -0.2) is 0 Å². The quantitative estimate of drug-likeness (QED) is 0.753. The second-order valence-corrected chi connectivity index (χ2v) is 3.85. The summed E-state index contributed by atoms with van der Waals surface area (Å²) in [7, 11) is 3.42. The number of carbonyl (C=O) groups is 1. The number of hydrogen-bond donors (Lipinski definition) is 0. The van der Waals surface area contributed by atoms with E-state index in [0.717, 1.165) is 11.3 Å². The van der Waals surface area contributed by atoms with E-state index in [2.05, 4.69) is 5.10 Å². The lowest BCUT2D eigenvalue weighted by Crippen LogP contribution is -2.02. The molecule has 0 aliphatic heterocycles. The Bertz CT molecular complexity index is 514. The predicted octanol–water partition coefficient (Wildman–Crippen LogP) is 1.85. The third kappa shape index (κ3) is 2.72. The van der Waals surface area contributed by atoms with Gasteiger partial charge in [-0.2, -0.15) is 5.10 Å². The lowest BCUT2D eigenvalue weighted by Gasteiger charge is -2.02. The van der Waals surface area contributed by atoms with Gasteiger partial charge in [0.15, 0.2) is 5.78 Å². The molecule has 0 aliphatic rings. The maximum Gasteiger partial charge on any atom is 0.170 e. The number of methoxy groups -OCH3 is 1. The highest BCUT2D eigenvalue weighted by Gasteiger charge is 2.08. The number of ketones is 1. The number of hydrogen-bond acceptors (Lipinski definition) is 3. The van der Waals surface area contributed by atoms with Gasteiger partial charge in [-0.05, 0) is 17.7 Å². The van der Waals surface area contributed by atoms with Gasteiger partial charge in [-0.15, -0.1) is 0 Å². The summed E-state index contributed by atoms with van der Waals surface area (Å²) in [6.45, 7) is 0. The van der Waals surface area contributed by atoms with Crippen molar-refractivity contribution in [2.75, 3.05) is 7.11 Å². The molecule has 0 fully saturated rings. The summed E-state index contributed by atoms with van der Waals surface area (Å²) >= 11 is 0. The third-order valence-electron chi connectivity index (χ3n) is 2.55. The molecule has 0 atom stereocenters. The standard InChI is InChI=1S/C13H14N2O2/c1-15-9-11(8-14-15)13(16)7-10-3-5-12(17-2)6-4-10/h3-6,8-9H,7H2,1-2H3. The van der Waals surface area contributed by atoms with E-state index in [-0.39, 0.29) is 5.78 Å². The Morgan fingerprint density at radius 2 is 2.06 bits per heavy atom. The molecular weight excluding hydrogens is 216 g/mol. The molecule has 2 rings (SSSR count). The normalized spacial score (nSPS) is 10.2. The van der Waals surface area contributed by atoms with Gasteiger partial charge in [-0.1, -0.05) is 12.1 Å². The first kappa shape index (κ1) is 11.4. The highest BCUT2D eigenvalue weighted by Crippen LogP contribution is 2.13. The molecule has 0 saturated heterocycles. The molecule has 0 radical (unpaired) electrons. The first-order valence-electron chi connectivity index (χ1n) is 5.34. The van der Waals surface area contributed by atoms with Gasteiger partial charge >= 0.3 is 0 Å². The second kappa shape index (κ2) is 4.82. The maximum absolute atomic E-state index is 11.9. The number of aryl methyl sites for hydroxylation is 1.